The summed E-state index contributed by atoms with van der Waals surface area (Å²) in [6, 6.07) is 2.29. The summed E-state index contributed by atoms with van der Waals surface area (Å²) in [7, 11) is -3.99. The van der Waals surface area contributed by atoms with E-state index in [1.165, 1.54) is 0 Å². The summed E-state index contributed by atoms with van der Waals surface area (Å²) < 4.78 is 40.0. The summed E-state index contributed by atoms with van der Waals surface area (Å²) in [4.78, 5) is 10.9. The lowest BCUT2D eigenvalue weighted by atomic mass is 9.85. The highest BCUT2D eigenvalue weighted by Gasteiger charge is 2.34. The van der Waals surface area contributed by atoms with E-state index >= 15 is 0 Å². The van der Waals surface area contributed by atoms with E-state index in [4.69, 9.17) is 16.7 Å². The quantitative estimate of drug-likeness (QED) is 0.885. The van der Waals surface area contributed by atoms with Gasteiger partial charge in [-0.15, -0.1) is 0 Å². The molecule has 1 fully saturated rings. The minimum Gasteiger partial charge on any atom is -0.481 e. The molecule has 2 atom stereocenters. The first-order chi connectivity index (χ1) is 9.81. The van der Waals surface area contributed by atoms with E-state index < -0.39 is 33.8 Å². The van der Waals surface area contributed by atoms with Crippen LogP contribution in [0.25, 0.3) is 0 Å². The molecule has 1 aromatic carbocycles. The lowest BCUT2D eigenvalue weighted by Gasteiger charge is -2.29. The van der Waals surface area contributed by atoms with Crippen molar-refractivity contribution in [3.05, 3.63) is 29.0 Å². The Morgan fingerprint density at radius 2 is 2.00 bits per heavy atom. The van der Waals surface area contributed by atoms with Crippen molar-refractivity contribution in [3.63, 3.8) is 0 Å². The van der Waals surface area contributed by atoms with Gasteiger partial charge >= 0.3 is 5.97 Å². The zero-order valence-electron chi connectivity index (χ0n) is 11.1. The van der Waals surface area contributed by atoms with Gasteiger partial charge in [0.15, 0.2) is 0 Å². The van der Waals surface area contributed by atoms with Crippen LogP contribution in [0.3, 0.4) is 0 Å². The molecule has 0 aromatic heterocycles. The maximum atomic E-state index is 13.0. The summed E-state index contributed by atoms with van der Waals surface area (Å²) in [5.74, 6) is -2.42. The predicted octanol–water partition coefficient (Wildman–Crippen LogP) is 2.40. The Morgan fingerprint density at radius 3 is 2.62 bits per heavy atom. The predicted molar refractivity (Wildman–Crippen MR) is 75.1 cm³/mol. The monoisotopic (exact) mass is 335 g/mol. The highest BCUT2D eigenvalue weighted by Crippen LogP contribution is 2.28. The van der Waals surface area contributed by atoms with Gasteiger partial charge < -0.3 is 5.11 Å². The molecule has 1 aromatic rings. The van der Waals surface area contributed by atoms with Crippen molar-refractivity contribution in [2.24, 2.45) is 5.92 Å². The third-order valence-corrected chi connectivity index (χ3v) is 5.55. The Kier molecular flexibility index (Phi) is 4.85. The van der Waals surface area contributed by atoms with Crippen LogP contribution in [-0.4, -0.2) is 25.5 Å². The van der Waals surface area contributed by atoms with Crippen molar-refractivity contribution in [2.75, 3.05) is 0 Å². The fourth-order valence-corrected chi connectivity index (χ4v) is 4.37. The summed E-state index contributed by atoms with van der Waals surface area (Å²) in [6.07, 6.45) is 2.40. The molecule has 0 radical (unpaired) electrons. The molecule has 8 heteroatoms. The van der Waals surface area contributed by atoms with Gasteiger partial charge in [-0.1, -0.05) is 24.4 Å². The highest BCUT2D eigenvalue weighted by molar-refractivity contribution is 7.89. The van der Waals surface area contributed by atoms with Gasteiger partial charge in [0.05, 0.1) is 10.9 Å². The summed E-state index contributed by atoms with van der Waals surface area (Å²) in [5, 5.41) is 8.93. The molecule has 2 unspecified atom stereocenters. The molecule has 0 saturated heterocycles. The summed E-state index contributed by atoms with van der Waals surface area (Å²) in [6.45, 7) is 0. The number of carbonyl (C=O) groups is 1. The Labute approximate surface area is 127 Å². The van der Waals surface area contributed by atoms with Crippen LogP contribution >= 0.6 is 11.6 Å². The smallest absolute Gasteiger partial charge is 0.308 e. The van der Waals surface area contributed by atoms with Crippen molar-refractivity contribution in [2.45, 2.75) is 36.6 Å². The van der Waals surface area contributed by atoms with Crippen LogP contribution in [0.4, 0.5) is 4.39 Å². The van der Waals surface area contributed by atoms with Gasteiger partial charge in [-0.25, -0.2) is 17.5 Å². The van der Waals surface area contributed by atoms with Crippen molar-refractivity contribution in [1.29, 1.82) is 0 Å². The average Bonchev–Trinajstić information content (AvgIpc) is 2.37. The van der Waals surface area contributed by atoms with Gasteiger partial charge in [-0.2, -0.15) is 0 Å². The Morgan fingerprint density at radius 1 is 1.33 bits per heavy atom. The van der Waals surface area contributed by atoms with Gasteiger partial charge in [0, 0.05) is 6.04 Å². The normalized spacial score (nSPS) is 23.0. The molecular weight excluding hydrogens is 321 g/mol. The summed E-state index contributed by atoms with van der Waals surface area (Å²) >= 11 is 5.76. The molecule has 0 spiro atoms. The van der Waals surface area contributed by atoms with Crippen LogP contribution in [0.1, 0.15) is 25.7 Å². The number of benzene rings is 1. The Hall–Kier alpha value is -1.18. The number of carboxylic acid groups (broad SMARTS) is 1. The standard InChI is InChI=1S/C13H15ClFNO4S/c14-10-7-8(15)5-6-12(10)21(19,20)16-11-4-2-1-3-9(11)13(17)18/h5-7,9,11,16H,1-4H2,(H,17,18). The molecule has 1 aliphatic carbocycles. The highest BCUT2D eigenvalue weighted by atomic mass is 35.5. The van der Waals surface area contributed by atoms with E-state index in [1.54, 1.807) is 0 Å². The zero-order chi connectivity index (χ0) is 15.6. The van der Waals surface area contributed by atoms with Crippen molar-refractivity contribution in [3.8, 4) is 0 Å². The molecule has 0 amide bonds. The molecular formula is C13H15ClFNO4S. The molecule has 2 N–H and O–H groups in total. The molecule has 5 nitrogen and oxygen atoms in total. The van der Waals surface area contributed by atoms with Crippen LogP contribution in [0.5, 0.6) is 0 Å². The van der Waals surface area contributed by atoms with E-state index in [-0.39, 0.29) is 9.92 Å². The first-order valence-corrected chi connectivity index (χ1v) is 8.37. The molecule has 0 bridgehead atoms. The van der Waals surface area contributed by atoms with Crippen LogP contribution in [-0.2, 0) is 14.8 Å². The molecule has 21 heavy (non-hydrogen) atoms. The van der Waals surface area contributed by atoms with E-state index in [9.17, 15) is 17.6 Å². The van der Waals surface area contributed by atoms with Crippen molar-refractivity contribution in [1.82, 2.24) is 4.72 Å². The van der Waals surface area contributed by atoms with Crippen molar-refractivity contribution >= 4 is 27.6 Å². The fraction of sp³-hybridized carbons (Fsp3) is 0.462. The number of nitrogens with one attached hydrogen (secondary N) is 1. The molecule has 1 saturated carbocycles. The van der Waals surface area contributed by atoms with E-state index in [2.05, 4.69) is 4.72 Å². The zero-order valence-corrected chi connectivity index (χ0v) is 12.6. The number of hydrogen-bond acceptors (Lipinski definition) is 3. The maximum absolute atomic E-state index is 13.0. The number of hydrogen-bond donors (Lipinski definition) is 2. The van der Waals surface area contributed by atoms with E-state index in [1.807, 2.05) is 0 Å². The third kappa shape index (κ3) is 3.72. The molecule has 2 rings (SSSR count). The van der Waals surface area contributed by atoms with Gasteiger partial charge in [-0.05, 0) is 31.0 Å². The molecule has 0 heterocycles. The van der Waals surface area contributed by atoms with Gasteiger partial charge in [-0.3, -0.25) is 4.79 Å². The van der Waals surface area contributed by atoms with Crippen LogP contribution in [0, 0.1) is 11.7 Å². The minimum atomic E-state index is -3.99. The lowest BCUT2D eigenvalue weighted by Crippen LogP contribution is -2.45. The topological polar surface area (TPSA) is 83.5 Å². The number of sulfonamides is 1. The number of aliphatic carboxylic acids is 1. The second kappa shape index (κ2) is 6.29. The van der Waals surface area contributed by atoms with Gasteiger partial charge in [0.1, 0.15) is 10.7 Å². The molecule has 116 valence electrons. The third-order valence-electron chi connectivity index (χ3n) is 3.57. The largest absolute Gasteiger partial charge is 0.481 e. The first-order valence-electron chi connectivity index (χ1n) is 6.51. The second-order valence-electron chi connectivity index (χ2n) is 5.03. The number of carboxylic acids is 1. The van der Waals surface area contributed by atoms with Crippen molar-refractivity contribution < 1.29 is 22.7 Å². The molecule has 1 aliphatic rings. The summed E-state index contributed by atoms with van der Waals surface area (Å²) in [5.41, 5.74) is 0. The van der Waals surface area contributed by atoms with E-state index in [0.717, 1.165) is 31.0 Å². The first kappa shape index (κ1) is 16.2. The lowest BCUT2D eigenvalue weighted by molar-refractivity contribution is -0.143. The average molecular weight is 336 g/mol. The fourth-order valence-electron chi connectivity index (χ4n) is 2.52. The number of halogens is 2. The Balaban J connectivity index is 2.25. The van der Waals surface area contributed by atoms with Crippen LogP contribution < -0.4 is 4.72 Å². The number of rotatable bonds is 4. The van der Waals surface area contributed by atoms with Gasteiger partial charge in [0.2, 0.25) is 10.0 Å². The SMILES string of the molecule is O=C(O)C1CCCCC1NS(=O)(=O)c1ccc(F)cc1Cl. The van der Waals surface area contributed by atoms with Crippen LogP contribution in [0.2, 0.25) is 5.02 Å². The minimum absolute atomic E-state index is 0.231. The Bertz CT molecular complexity index is 650. The second-order valence-corrected chi connectivity index (χ2v) is 7.12. The van der Waals surface area contributed by atoms with Gasteiger partial charge in [0.25, 0.3) is 0 Å². The molecule has 0 aliphatic heterocycles. The van der Waals surface area contributed by atoms with Crippen LogP contribution in [0.15, 0.2) is 23.1 Å². The van der Waals surface area contributed by atoms with E-state index in [0.29, 0.717) is 12.8 Å². The maximum Gasteiger partial charge on any atom is 0.308 e.